The molecule has 2 unspecified atom stereocenters. The van der Waals surface area contributed by atoms with Crippen LogP contribution in [0, 0.1) is 12.8 Å². The van der Waals surface area contributed by atoms with Crippen molar-refractivity contribution in [1.82, 2.24) is 19.9 Å². The van der Waals surface area contributed by atoms with Crippen molar-refractivity contribution in [3.8, 4) is 11.4 Å². The number of nitrogens with two attached hydrogens (primary N) is 1. The number of H-pyrrole nitrogens is 1. The van der Waals surface area contributed by atoms with Crippen LogP contribution in [0.2, 0.25) is 0 Å². The summed E-state index contributed by atoms with van der Waals surface area (Å²) in [5.74, 6) is 0.971. The molecular formula is C20H29Cl2N5O2. The maximum Gasteiger partial charge on any atom is 0.254 e. The molecule has 3 N–H and O–H groups in total. The van der Waals surface area contributed by atoms with Gasteiger partial charge in [0.05, 0.1) is 0 Å². The molecule has 7 nitrogen and oxygen atoms in total. The zero-order valence-corrected chi connectivity index (χ0v) is 18.4. The molecular weight excluding hydrogens is 413 g/mol. The summed E-state index contributed by atoms with van der Waals surface area (Å²) in [6.07, 6.45) is 6.11. The smallest absolute Gasteiger partial charge is 0.254 e. The molecule has 0 bridgehead atoms. The maximum atomic E-state index is 12.7. The Morgan fingerprint density at radius 3 is 2.76 bits per heavy atom. The number of aromatic nitrogens is 3. The Hall–Kier alpha value is -1.96. The Labute approximate surface area is 183 Å². The highest BCUT2D eigenvalue weighted by molar-refractivity contribution is 5.85. The van der Waals surface area contributed by atoms with Crippen LogP contribution in [-0.4, -0.2) is 44.9 Å². The van der Waals surface area contributed by atoms with E-state index in [1.54, 1.807) is 25.4 Å². The Kier molecular flexibility index (Phi) is 9.76. The second kappa shape index (κ2) is 11.3. The lowest BCUT2D eigenvalue weighted by atomic mass is 9.90. The van der Waals surface area contributed by atoms with Crippen LogP contribution in [0.3, 0.4) is 0 Å². The number of likely N-dealkylation sites (tertiary alicyclic amines) is 1. The molecule has 1 aliphatic heterocycles. The third kappa shape index (κ3) is 5.78. The molecule has 1 aliphatic rings. The molecule has 0 radical (unpaired) electrons. The molecule has 2 aromatic rings. The van der Waals surface area contributed by atoms with Gasteiger partial charge < -0.3 is 15.6 Å². The van der Waals surface area contributed by atoms with Crippen LogP contribution in [0.1, 0.15) is 37.4 Å². The van der Waals surface area contributed by atoms with Gasteiger partial charge in [-0.05, 0) is 44.2 Å². The van der Waals surface area contributed by atoms with E-state index in [1.165, 1.54) is 0 Å². The first kappa shape index (κ1) is 25.1. The molecule has 1 saturated heterocycles. The van der Waals surface area contributed by atoms with Crippen LogP contribution in [0.4, 0.5) is 0 Å². The van der Waals surface area contributed by atoms with Crippen molar-refractivity contribution in [3.63, 3.8) is 0 Å². The van der Waals surface area contributed by atoms with Crippen molar-refractivity contribution in [3.05, 3.63) is 46.1 Å². The van der Waals surface area contributed by atoms with Gasteiger partial charge in [0.15, 0.2) is 0 Å². The van der Waals surface area contributed by atoms with E-state index in [0.29, 0.717) is 42.4 Å². The standard InChI is InChI=1S/C20H27N5O2.2ClH/c1-13-5-4-10-25(17(13)11-21)18(26)8-7-16-14(2)23-19(24-20(16)27)15-6-3-9-22-12-15;;/h3,6,9,12-13,17H,4-5,7-8,10-11,21H2,1-2H3,(H,23,24,27);2*1H. The fraction of sp³-hybridized carbons (Fsp3) is 0.500. The fourth-order valence-corrected chi connectivity index (χ4v) is 3.84. The minimum absolute atomic E-state index is 0. The number of aromatic amines is 1. The predicted octanol–water partition coefficient (Wildman–Crippen LogP) is 2.50. The summed E-state index contributed by atoms with van der Waals surface area (Å²) in [6.45, 7) is 5.18. The molecule has 9 heteroatoms. The SMILES string of the molecule is Cc1nc(-c2cccnc2)[nH]c(=O)c1CCC(=O)N1CCCC(C)C1CN.Cl.Cl. The summed E-state index contributed by atoms with van der Waals surface area (Å²) in [7, 11) is 0. The predicted molar refractivity (Wildman–Crippen MR) is 119 cm³/mol. The number of hydrogen-bond donors (Lipinski definition) is 2. The zero-order valence-electron chi connectivity index (χ0n) is 16.8. The van der Waals surface area contributed by atoms with Crippen molar-refractivity contribution in [1.29, 1.82) is 0 Å². The molecule has 2 atom stereocenters. The number of rotatable bonds is 5. The molecule has 0 aliphatic carbocycles. The van der Waals surface area contributed by atoms with Gasteiger partial charge in [-0.3, -0.25) is 14.6 Å². The third-order valence-electron chi connectivity index (χ3n) is 5.42. The van der Waals surface area contributed by atoms with E-state index in [9.17, 15) is 9.59 Å². The van der Waals surface area contributed by atoms with E-state index in [-0.39, 0.29) is 42.3 Å². The summed E-state index contributed by atoms with van der Waals surface area (Å²) in [6, 6.07) is 3.74. The third-order valence-corrected chi connectivity index (χ3v) is 5.42. The summed E-state index contributed by atoms with van der Waals surface area (Å²) >= 11 is 0. The van der Waals surface area contributed by atoms with Gasteiger partial charge >= 0.3 is 0 Å². The van der Waals surface area contributed by atoms with Crippen LogP contribution in [0.5, 0.6) is 0 Å². The molecule has 3 rings (SSSR count). The average molecular weight is 442 g/mol. The number of hydrogen-bond acceptors (Lipinski definition) is 5. The largest absolute Gasteiger partial charge is 0.338 e. The topological polar surface area (TPSA) is 105 Å². The molecule has 1 fully saturated rings. The number of aryl methyl sites for hydroxylation is 1. The lowest BCUT2D eigenvalue weighted by molar-refractivity contribution is -0.136. The molecule has 0 spiro atoms. The number of halogens is 2. The van der Waals surface area contributed by atoms with Gasteiger partial charge in [0.2, 0.25) is 5.91 Å². The lowest BCUT2D eigenvalue weighted by Crippen LogP contribution is -2.51. The second-order valence-corrected chi connectivity index (χ2v) is 7.23. The Morgan fingerprint density at radius 1 is 1.38 bits per heavy atom. The van der Waals surface area contributed by atoms with Crippen LogP contribution < -0.4 is 11.3 Å². The van der Waals surface area contributed by atoms with Crippen LogP contribution in [0.25, 0.3) is 11.4 Å². The fourth-order valence-electron chi connectivity index (χ4n) is 3.84. The number of amides is 1. The van der Waals surface area contributed by atoms with Crippen LogP contribution in [0.15, 0.2) is 29.3 Å². The Bertz CT molecular complexity index is 860. The minimum atomic E-state index is -0.198. The van der Waals surface area contributed by atoms with Crippen molar-refractivity contribution >= 4 is 30.7 Å². The highest BCUT2D eigenvalue weighted by atomic mass is 35.5. The number of nitrogens with one attached hydrogen (secondary N) is 1. The number of carbonyl (C=O) groups is 1. The monoisotopic (exact) mass is 441 g/mol. The zero-order chi connectivity index (χ0) is 19.4. The van der Waals surface area contributed by atoms with E-state index in [4.69, 9.17) is 5.73 Å². The van der Waals surface area contributed by atoms with Gasteiger partial charge in [-0.25, -0.2) is 4.98 Å². The first-order valence-corrected chi connectivity index (χ1v) is 9.51. The van der Waals surface area contributed by atoms with E-state index >= 15 is 0 Å². The maximum absolute atomic E-state index is 12.7. The summed E-state index contributed by atoms with van der Waals surface area (Å²) in [5, 5.41) is 0. The molecule has 1 amide bonds. The lowest BCUT2D eigenvalue weighted by Gasteiger charge is -2.39. The van der Waals surface area contributed by atoms with Crippen molar-refractivity contribution < 1.29 is 4.79 Å². The first-order chi connectivity index (χ1) is 13.0. The Morgan fingerprint density at radius 2 is 2.14 bits per heavy atom. The quantitative estimate of drug-likeness (QED) is 0.741. The van der Waals surface area contributed by atoms with Crippen molar-refractivity contribution in [2.24, 2.45) is 11.7 Å². The van der Waals surface area contributed by atoms with E-state index in [0.717, 1.165) is 24.9 Å². The minimum Gasteiger partial charge on any atom is -0.338 e. The van der Waals surface area contributed by atoms with Crippen LogP contribution >= 0.6 is 24.8 Å². The highest BCUT2D eigenvalue weighted by Gasteiger charge is 2.30. The molecule has 2 aromatic heterocycles. The molecule has 0 aromatic carbocycles. The summed E-state index contributed by atoms with van der Waals surface area (Å²) < 4.78 is 0. The molecule has 160 valence electrons. The van der Waals surface area contributed by atoms with Gasteiger partial charge in [0.25, 0.3) is 5.56 Å². The number of piperidine rings is 1. The normalized spacial score (nSPS) is 18.5. The van der Waals surface area contributed by atoms with Gasteiger partial charge in [0, 0.05) is 54.8 Å². The molecule has 0 saturated carbocycles. The average Bonchev–Trinajstić information content (AvgIpc) is 2.67. The highest BCUT2D eigenvalue weighted by Crippen LogP contribution is 2.23. The molecule has 3 heterocycles. The number of nitrogens with zero attached hydrogens (tertiary/aromatic N) is 3. The second-order valence-electron chi connectivity index (χ2n) is 7.23. The Balaban J connectivity index is 0.00000210. The van der Waals surface area contributed by atoms with E-state index in [1.807, 2.05) is 11.0 Å². The first-order valence-electron chi connectivity index (χ1n) is 9.51. The number of carbonyl (C=O) groups excluding carboxylic acids is 1. The van der Waals surface area contributed by atoms with Gasteiger partial charge in [-0.2, -0.15) is 0 Å². The van der Waals surface area contributed by atoms with Gasteiger partial charge in [0.1, 0.15) is 5.82 Å². The van der Waals surface area contributed by atoms with Crippen molar-refractivity contribution in [2.45, 2.75) is 45.6 Å². The number of pyridine rings is 1. The van der Waals surface area contributed by atoms with E-state index < -0.39 is 0 Å². The van der Waals surface area contributed by atoms with Crippen molar-refractivity contribution in [2.75, 3.05) is 13.1 Å². The summed E-state index contributed by atoms with van der Waals surface area (Å²) in [5.41, 5.74) is 7.65. The van der Waals surface area contributed by atoms with Crippen LogP contribution in [-0.2, 0) is 11.2 Å². The summed E-state index contributed by atoms with van der Waals surface area (Å²) in [4.78, 5) is 38.5. The molecule has 29 heavy (non-hydrogen) atoms. The van der Waals surface area contributed by atoms with Gasteiger partial charge in [-0.1, -0.05) is 6.92 Å². The van der Waals surface area contributed by atoms with E-state index in [2.05, 4.69) is 21.9 Å². The van der Waals surface area contributed by atoms with Gasteiger partial charge in [-0.15, -0.1) is 24.8 Å².